The van der Waals surface area contributed by atoms with E-state index in [1.165, 1.54) is 12.1 Å². The van der Waals surface area contributed by atoms with E-state index in [2.05, 4.69) is 32.0 Å². The van der Waals surface area contributed by atoms with Crippen molar-refractivity contribution in [3.63, 3.8) is 0 Å². The van der Waals surface area contributed by atoms with Gasteiger partial charge in [-0.3, -0.25) is 5.10 Å². The van der Waals surface area contributed by atoms with E-state index in [1.807, 2.05) is 19.1 Å². The summed E-state index contributed by atoms with van der Waals surface area (Å²) in [6, 6.07) is 8.81. The number of aryl methyl sites for hydroxylation is 1. The molecule has 122 valence electrons. The van der Waals surface area contributed by atoms with Crippen LogP contribution in [0.3, 0.4) is 0 Å². The van der Waals surface area contributed by atoms with Crippen molar-refractivity contribution < 1.29 is 4.39 Å². The molecule has 0 radical (unpaired) electrons. The van der Waals surface area contributed by atoms with Gasteiger partial charge in [-0.25, -0.2) is 9.37 Å². The number of benzene rings is 1. The third-order valence-corrected chi connectivity index (χ3v) is 4.18. The number of nitrogens with zero attached hydrogens (tertiary/aromatic N) is 3. The molecule has 0 aliphatic heterocycles. The standard InChI is InChI=1S/C18H18FN5/c1-3-8-20-17-7-6-14(11(2)22-17)24-15-5-4-12(19)9-13(15)18-16(24)10-21-23-18/h4-7,9-10H,3,8H2,1-2H3,(H,20,22)(H,21,23). The average Bonchev–Trinajstić information content (AvgIpc) is 3.14. The summed E-state index contributed by atoms with van der Waals surface area (Å²) in [5.74, 6) is 0.606. The minimum absolute atomic E-state index is 0.259. The third kappa shape index (κ3) is 2.22. The van der Waals surface area contributed by atoms with Gasteiger partial charge in [0.25, 0.3) is 0 Å². The van der Waals surface area contributed by atoms with Crippen LogP contribution in [0.5, 0.6) is 0 Å². The molecule has 0 fully saturated rings. The molecule has 6 heteroatoms. The molecular formula is C18H18FN5. The molecule has 0 aliphatic rings. The van der Waals surface area contributed by atoms with Gasteiger partial charge in [-0.15, -0.1) is 0 Å². The Morgan fingerprint density at radius 2 is 2.08 bits per heavy atom. The maximum absolute atomic E-state index is 13.7. The molecule has 0 spiro atoms. The molecule has 4 rings (SSSR count). The SMILES string of the molecule is CCCNc1ccc(-n2c3ccc(F)cc3c3[nH]ncc32)c(C)n1. The van der Waals surface area contributed by atoms with Crippen LogP contribution in [0.4, 0.5) is 10.2 Å². The Balaban J connectivity index is 1.93. The Hall–Kier alpha value is -2.89. The number of hydrogen-bond acceptors (Lipinski definition) is 3. The number of aromatic nitrogens is 4. The molecule has 1 aromatic carbocycles. The summed E-state index contributed by atoms with van der Waals surface area (Å²) in [4.78, 5) is 4.65. The smallest absolute Gasteiger partial charge is 0.126 e. The highest BCUT2D eigenvalue weighted by Gasteiger charge is 2.16. The molecule has 0 unspecified atom stereocenters. The van der Waals surface area contributed by atoms with Crippen molar-refractivity contribution in [2.75, 3.05) is 11.9 Å². The minimum Gasteiger partial charge on any atom is -0.370 e. The van der Waals surface area contributed by atoms with Crippen molar-refractivity contribution in [2.45, 2.75) is 20.3 Å². The molecule has 0 amide bonds. The Morgan fingerprint density at radius 3 is 2.88 bits per heavy atom. The molecule has 2 N–H and O–H groups in total. The van der Waals surface area contributed by atoms with Gasteiger partial charge in [0.15, 0.2) is 0 Å². The lowest BCUT2D eigenvalue weighted by atomic mass is 10.2. The van der Waals surface area contributed by atoms with Crippen LogP contribution in [0.25, 0.3) is 27.6 Å². The number of rotatable bonds is 4. The molecule has 0 saturated carbocycles. The van der Waals surface area contributed by atoms with Gasteiger partial charge in [0, 0.05) is 11.9 Å². The maximum atomic E-state index is 13.7. The lowest BCUT2D eigenvalue weighted by Crippen LogP contribution is -2.05. The zero-order valence-electron chi connectivity index (χ0n) is 13.6. The first-order valence-electron chi connectivity index (χ1n) is 8.04. The first kappa shape index (κ1) is 14.7. The second-order valence-corrected chi connectivity index (χ2v) is 5.85. The molecule has 0 saturated heterocycles. The van der Waals surface area contributed by atoms with E-state index in [1.54, 1.807) is 12.3 Å². The van der Waals surface area contributed by atoms with Gasteiger partial charge in [0.1, 0.15) is 11.6 Å². The molecule has 4 aromatic rings. The molecule has 3 aromatic heterocycles. The number of anilines is 1. The molecule has 0 atom stereocenters. The van der Waals surface area contributed by atoms with E-state index in [9.17, 15) is 4.39 Å². The fourth-order valence-electron chi connectivity index (χ4n) is 3.08. The van der Waals surface area contributed by atoms with Crippen LogP contribution in [0.15, 0.2) is 36.5 Å². The van der Waals surface area contributed by atoms with Crippen molar-refractivity contribution in [3.05, 3.63) is 48.0 Å². The predicted molar refractivity (Wildman–Crippen MR) is 94.2 cm³/mol. The first-order chi connectivity index (χ1) is 11.7. The summed E-state index contributed by atoms with van der Waals surface area (Å²) in [7, 11) is 0. The number of aromatic amines is 1. The van der Waals surface area contributed by atoms with Gasteiger partial charge >= 0.3 is 0 Å². The van der Waals surface area contributed by atoms with Gasteiger partial charge in [-0.1, -0.05) is 6.92 Å². The van der Waals surface area contributed by atoms with Gasteiger partial charge in [0.2, 0.25) is 0 Å². The van der Waals surface area contributed by atoms with Crippen LogP contribution < -0.4 is 5.32 Å². The first-order valence-corrected chi connectivity index (χ1v) is 8.04. The van der Waals surface area contributed by atoms with Crippen LogP contribution in [0, 0.1) is 12.7 Å². The van der Waals surface area contributed by atoms with Crippen molar-refractivity contribution in [2.24, 2.45) is 0 Å². The maximum Gasteiger partial charge on any atom is 0.126 e. The monoisotopic (exact) mass is 323 g/mol. The quantitative estimate of drug-likeness (QED) is 0.592. The highest BCUT2D eigenvalue weighted by atomic mass is 19.1. The zero-order valence-corrected chi connectivity index (χ0v) is 13.6. The van der Waals surface area contributed by atoms with Crippen molar-refractivity contribution >= 4 is 27.8 Å². The van der Waals surface area contributed by atoms with Crippen LogP contribution in [0.1, 0.15) is 19.0 Å². The fourth-order valence-corrected chi connectivity index (χ4v) is 3.08. The number of halogens is 1. The topological polar surface area (TPSA) is 58.5 Å². The van der Waals surface area contributed by atoms with E-state index in [0.717, 1.165) is 52.1 Å². The summed E-state index contributed by atoms with van der Waals surface area (Å²) >= 11 is 0. The third-order valence-electron chi connectivity index (χ3n) is 4.18. The van der Waals surface area contributed by atoms with Gasteiger partial charge < -0.3 is 9.88 Å². The summed E-state index contributed by atoms with van der Waals surface area (Å²) in [6.45, 7) is 4.99. The van der Waals surface area contributed by atoms with Crippen LogP contribution in [-0.2, 0) is 0 Å². The molecule has 24 heavy (non-hydrogen) atoms. The number of H-pyrrole nitrogens is 1. The summed E-state index contributed by atoms with van der Waals surface area (Å²) in [5.41, 5.74) is 4.54. The van der Waals surface area contributed by atoms with Gasteiger partial charge in [-0.2, -0.15) is 5.10 Å². The second kappa shape index (κ2) is 5.63. The summed E-state index contributed by atoms with van der Waals surface area (Å²) in [6.07, 6.45) is 2.81. The van der Waals surface area contributed by atoms with Crippen molar-refractivity contribution in [3.8, 4) is 5.69 Å². The van der Waals surface area contributed by atoms with E-state index < -0.39 is 0 Å². The molecule has 0 aliphatic carbocycles. The van der Waals surface area contributed by atoms with E-state index >= 15 is 0 Å². The van der Waals surface area contributed by atoms with Gasteiger partial charge in [-0.05, 0) is 43.7 Å². The highest BCUT2D eigenvalue weighted by Crippen LogP contribution is 2.32. The fraction of sp³-hybridized carbons (Fsp3) is 0.222. The Kier molecular flexibility index (Phi) is 3.45. The lowest BCUT2D eigenvalue weighted by Gasteiger charge is -2.12. The lowest BCUT2D eigenvalue weighted by molar-refractivity contribution is 0.629. The van der Waals surface area contributed by atoms with Crippen molar-refractivity contribution in [1.29, 1.82) is 0 Å². The largest absolute Gasteiger partial charge is 0.370 e. The van der Waals surface area contributed by atoms with E-state index in [4.69, 9.17) is 0 Å². The predicted octanol–water partition coefficient (Wildman–Crippen LogP) is 4.17. The zero-order chi connectivity index (χ0) is 16.7. The normalized spacial score (nSPS) is 11.5. The van der Waals surface area contributed by atoms with Crippen LogP contribution in [0.2, 0.25) is 0 Å². The number of pyridine rings is 1. The van der Waals surface area contributed by atoms with Crippen LogP contribution in [-0.4, -0.2) is 26.3 Å². The number of nitrogens with one attached hydrogen (secondary N) is 2. The Morgan fingerprint density at radius 1 is 1.21 bits per heavy atom. The Labute approximate surface area is 138 Å². The number of fused-ring (bicyclic) bond motifs is 3. The molecule has 5 nitrogen and oxygen atoms in total. The van der Waals surface area contributed by atoms with E-state index in [0.29, 0.717) is 0 Å². The van der Waals surface area contributed by atoms with Crippen molar-refractivity contribution in [1.82, 2.24) is 19.7 Å². The summed E-state index contributed by atoms with van der Waals surface area (Å²) < 4.78 is 15.7. The molecule has 3 heterocycles. The Bertz CT molecular complexity index is 1030. The second-order valence-electron chi connectivity index (χ2n) is 5.85. The summed E-state index contributed by atoms with van der Waals surface area (Å²) in [5, 5.41) is 11.2. The highest BCUT2D eigenvalue weighted by molar-refractivity contribution is 6.06. The minimum atomic E-state index is -0.259. The van der Waals surface area contributed by atoms with Crippen LogP contribution >= 0.6 is 0 Å². The van der Waals surface area contributed by atoms with Gasteiger partial charge in [0.05, 0.1) is 34.1 Å². The molecule has 0 bridgehead atoms. The molecular weight excluding hydrogens is 305 g/mol. The van der Waals surface area contributed by atoms with E-state index in [-0.39, 0.29) is 5.82 Å². The average molecular weight is 323 g/mol. The number of hydrogen-bond donors (Lipinski definition) is 2.